The van der Waals surface area contributed by atoms with Gasteiger partial charge < -0.3 is 25.0 Å². The minimum atomic E-state index is -0.923. The van der Waals surface area contributed by atoms with Crippen LogP contribution in [0.2, 0.25) is 0 Å². The first-order valence-electron chi connectivity index (χ1n) is 15.2. The molecule has 43 heavy (non-hydrogen) atoms. The van der Waals surface area contributed by atoms with Crippen molar-refractivity contribution in [3.8, 4) is 11.1 Å². The van der Waals surface area contributed by atoms with E-state index < -0.39 is 18.4 Å². The van der Waals surface area contributed by atoms with Crippen LogP contribution in [0, 0.1) is 18.7 Å². The molecule has 0 amide bonds. The van der Waals surface area contributed by atoms with Crippen molar-refractivity contribution in [2.45, 2.75) is 91.8 Å². The molecule has 0 heterocycles. The number of ether oxygens (including phenoxy) is 2. The van der Waals surface area contributed by atoms with E-state index in [0.717, 1.165) is 27.8 Å². The van der Waals surface area contributed by atoms with E-state index in [2.05, 4.69) is 33.0 Å². The monoisotopic (exact) mass is 593 g/mol. The highest BCUT2D eigenvalue weighted by atomic mass is 19.1. The van der Waals surface area contributed by atoms with E-state index in [1.54, 1.807) is 32.0 Å². The van der Waals surface area contributed by atoms with Gasteiger partial charge in [-0.05, 0) is 98.9 Å². The van der Waals surface area contributed by atoms with Gasteiger partial charge in [0.05, 0.1) is 24.4 Å². The van der Waals surface area contributed by atoms with Crippen molar-refractivity contribution in [1.29, 1.82) is 0 Å². The predicted molar refractivity (Wildman–Crippen MR) is 170 cm³/mol. The summed E-state index contributed by atoms with van der Waals surface area (Å²) in [4.78, 5) is 11.9. The van der Waals surface area contributed by atoms with Gasteiger partial charge >= 0.3 is 5.97 Å². The fourth-order valence-electron chi connectivity index (χ4n) is 5.28. The van der Waals surface area contributed by atoms with Gasteiger partial charge in [-0.1, -0.05) is 62.4 Å². The first-order chi connectivity index (χ1) is 20.3. The highest BCUT2D eigenvalue weighted by molar-refractivity contribution is 5.90. The maximum atomic E-state index is 14.1. The molecule has 0 spiro atoms. The van der Waals surface area contributed by atoms with Crippen molar-refractivity contribution in [3.05, 3.63) is 94.3 Å². The normalized spacial score (nSPS) is 14.1. The second-order valence-corrected chi connectivity index (χ2v) is 12.6. The van der Waals surface area contributed by atoms with Crippen LogP contribution in [0.25, 0.3) is 11.1 Å². The predicted octanol–water partition coefficient (Wildman–Crippen LogP) is 7.50. The van der Waals surface area contributed by atoms with E-state index in [0.29, 0.717) is 42.9 Å². The molecule has 3 rings (SSSR count). The number of aliphatic hydroxyl groups excluding tert-OH is 1. The second kappa shape index (κ2) is 15.6. The standard InChI is InChI=1S/C36H48FNO5/c1-23(2)18-29-20-28(14-15-32(29)35(40)41)31-11-9-8-10-30(31)26(5)43-34(42-22-25(4)39)16-17-38-36(6,7)21-27-13-12-24(3)33(37)19-27/h8-15,19-20,23,25-26,34,38-39H,16-18,21-22H2,1-7H3,(H,40,41). The van der Waals surface area contributed by atoms with Gasteiger partial charge in [-0.15, -0.1) is 0 Å². The Labute approximate surface area is 256 Å². The summed E-state index contributed by atoms with van der Waals surface area (Å²) in [5, 5.41) is 23.2. The minimum Gasteiger partial charge on any atom is -0.478 e. The van der Waals surface area contributed by atoms with Gasteiger partial charge in [0.25, 0.3) is 0 Å². The number of halogens is 1. The summed E-state index contributed by atoms with van der Waals surface area (Å²) >= 11 is 0. The molecular weight excluding hydrogens is 545 g/mol. The molecule has 0 bridgehead atoms. The molecule has 6 nitrogen and oxygen atoms in total. The Kier molecular flexibility index (Phi) is 12.5. The van der Waals surface area contributed by atoms with E-state index in [1.807, 2.05) is 49.4 Å². The number of carbonyl (C=O) groups is 1. The fraction of sp³-hybridized carbons (Fsp3) is 0.472. The van der Waals surface area contributed by atoms with Crippen LogP contribution < -0.4 is 5.32 Å². The van der Waals surface area contributed by atoms with Gasteiger partial charge in [0, 0.05) is 18.5 Å². The van der Waals surface area contributed by atoms with Crippen molar-refractivity contribution in [1.82, 2.24) is 5.32 Å². The van der Waals surface area contributed by atoms with Crippen LogP contribution in [-0.2, 0) is 22.3 Å². The molecule has 0 radical (unpaired) electrons. The summed E-state index contributed by atoms with van der Waals surface area (Å²) in [6.45, 7) is 14.5. The number of aliphatic hydroxyl groups is 1. The molecule has 3 aromatic rings. The molecule has 3 N–H and O–H groups in total. The summed E-state index contributed by atoms with van der Waals surface area (Å²) in [7, 11) is 0. The minimum absolute atomic E-state index is 0.139. The van der Waals surface area contributed by atoms with Gasteiger partial charge in [-0.3, -0.25) is 0 Å². The Morgan fingerprint density at radius 3 is 2.40 bits per heavy atom. The van der Waals surface area contributed by atoms with Crippen molar-refractivity contribution < 1.29 is 28.9 Å². The molecule has 0 saturated carbocycles. The third kappa shape index (κ3) is 10.5. The third-order valence-corrected chi connectivity index (χ3v) is 7.42. The Bertz CT molecular complexity index is 1350. The van der Waals surface area contributed by atoms with Crippen LogP contribution >= 0.6 is 0 Å². The van der Waals surface area contributed by atoms with E-state index in [4.69, 9.17) is 9.47 Å². The van der Waals surface area contributed by atoms with Crippen LogP contribution in [0.5, 0.6) is 0 Å². The molecule has 3 aromatic carbocycles. The Morgan fingerprint density at radius 2 is 1.74 bits per heavy atom. The number of carboxylic acids is 1. The van der Waals surface area contributed by atoms with Crippen molar-refractivity contribution in [3.63, 3.8) is 0 Å². The zero-order chi connectivity index (χ0) is 31.7. The number of carboxylic acid groups (broad SMARTS) is 1. The topological polar surface area (TPSA) is 88.0 Å². The molecule has 7 heteroatoms. The van der Waals surface area contributed by atoms with Crippen LogP contribution in [0.15, 0.2) is 60.7 Å². The van der Waals surface area contributed by atoms with Crippen LogP contribution in [0.3, 0.4) is 0 Å². The van der Waals surface area contributed by atoms with Crippen molar-refractivity contribution >= 4 is 5.97 Å². The summed E-state index contributed by atoms with van der Waals surface area (Å²) in [6, 6.07) is 18.8. The number of hydrogen-bond donors (Lipinski definition) is 3. The van der Waals surface area contributed by atoms with Gasteiger partial charge in [-0.25, -0.2) is 9.18 Å². The molecule has 0 fully saturated rings. The summed E-state index contributed by atoms with van der Waals surface area (Å²) < 4.78 is 26.5. The Morgan fingerprint density at radius 1 is 1.02 bits per heavy atom. The lowest BCUT2D eigenvalue weighted by molar-refractivity contribution is -0.181. The van der Waals surface area contributed by atoms with Crippen molar-refractivity contribution in [2.75, 3.05) is 13.2 Å². The SMILES string of the molecule is Cc1ccc(CC(C)(C)NCCC(OCC(C)O)OC(C)c2ccccc2-c2ccc(C(=O)O)c(CC(C)C)c2)cc1F. The quantitative estimate of drug-likeness (QED) is 0.149. The molecule has 0 aromatic heterocycles. The Hall–Kier alpha value is -3.10. The highest BCUT2D eigenvalue weighted by Crippen LogP contribution is 2.33. The first-order valence-corrected chi connectivity index (χ1v) is 15.2. The highest BCUT2D eigenvalue weighted by Gasteiger charge is 2.23. The number of hydrogen-bond acceptors (Lipinski definition) is 5. The lowest BCUT2D eigenvalue weighted by Gasteiger charge is -2.29. The van der Waals surface area contributed by atoms with E-state index in [9.17, 15) is 19.4 Å². The van der Waals surface area contributed by atoms with Gasteiger partial charge in [0.15, 0.2) is 6.29 Å². The number of rotatable bonds is 16. The average Bonchev–Trinajstić information content (AvgIpc) is 2.92. The number of aromatic carboxylic acids is 1. The molecule has 234 valence electrons. The molecule has 0 aliphatic heterocycles. The Balaban J connectivity index is 1.75. The molecule has 3 atom stereocenters. The number of benzene rings is 3. The van der Waals surface area contributed by atoms with Crippen molar-refractivity contribution in [2.24, 2.45) is 5.92 Å². The zero-order valence-electron chi connectivity index (χ0n) is 26.6. The summed E-state index contributed by atoms with van der Waals surface area (Å²) in [5.41, 5.74) is 5.27. The second-order valence-electron chi connectivity index (χ2n) is 12.6. The molecule has 3 unspecified atom stereocenters. The molecule has 0 aliphatic carbocycles. The van der Waals surface area contributed by atoms with E-state index in [1.165, 1.54) is 0 Å². The lowest BCUT2D eigenvalue weighted by atomic mass is 9.91. The largest absolute Gasteiger partial charge is 0.478 e. The van der Waals surface area contributed by atoms with Gasteiger partial charge in [0.2, 0.25) is 0 Å². The van der Waals surface area contributed by atoms with Crippen LogP contribution in [-0.4, -0.2) is 47.3 Å². The number of nitrogens with one attached hydrogen (secondary N) is 1. The lowest BCUT2D eigenvalue weighted by Crippen LogP contribution is -2.43. The third-order valence-electron chi connectivity index (χ3n) is 7.42. The van der Waals surface area contributed by atoms with E-state index >= 15 is 0 Å². The van der Waals surface area contributed by atoms with Crippen LogP contribution in [0.4, 0.5) is 4.39 Å². The van der Waals surface area contributed by atoms with Gasteiger partial charge in [-0.2, -0.15) is 0 Å². The summed E-state index contributed by atoms with van der Waals surface area (Å²) in [6.07, 6.45) is 0.308. The number of aryl methyl sites for hydroxylation is 1. The molecule has 0 saturated heterocycles. The first kappa shape index (κ1) is 34.4. The molecular formula is C36H48FNO5. The maximum Gasteiger partial charge on any atom is 0.335 e. The zero-order valence-corrected chi connectivity index (χ0v) is 26.6. The average molecular weight is 594 g/mol. The van der Waals surface area contributed by atoms with Gasteiger partial charge in [0.1, 0.15) is 5.82 Å². The van der Waals surface area contributed by atoms with E-state index in [-0.39, 0.29) is 24.1 Å². The fourth-order valence-corrected chi connectivity index (χ4v) is 5.28. The van der Waals surface area contributed by atoms with Crippen LogP contribution in [0.1, 0.15) is 86.7 Å². The smallest absolute Gasteiger partial charge is 0.335 e. The summed E-state index contributed by atoms with van der Waals surface area (Å²) in [5.74, 6) is -0.807. The molecule has 0 aliphatic rings. The maximum absolute atomic E-state index is 14.1.